The van der Waals surface area contributed by atoms with Gasteiger partial charge in [-0.1, -0.05) is 194 Å². The Balaban J connectivity index is 1.02. The Morgan fingerprint density at radius 1 is 0.235 bits per heavy atom. The van der Waals surface area contributed by atoms with Crippen molar-refractivity contribution in [3.63, 3.8) is 0 Å². The molecule has 0 aliphatic heterocycles. The summed E-state index contributed by atoms with van der Waals surface area (Å²) in [6, 6.07) is 97.7. The first kappa shape index (κ1) is 39.4. The molecule has 0 aliphatic carbocycles. The highest BCUT2D eigenvalue weighted by Crippen LogP contribution is 2.45. The fourth-order valence-corrected chi connectivity index (χ4v) is 10.5. The Bertz CT molecular complexity index is 3960. The maximum atomic E-state index is 2.42. The fourth-order valence-electron chi connectivity index (χ4n) is 10.5. The molecule has 13 rings (SSSR count). The third kappa shape index (κ3) is 6.82. The quantitative estimate of drug-likeness (QED) is 0.138. The predicted molar refractivity (Wildman–Crippen MR) is 290 cm³/mol. The molecule has 0 saturated heterocycles. The van der Waals surface area contributed by atoms with Crippen molar-refractivity contribution in [3.8, 4) is 50.2 Å². The number of nitrogens with zero attached hydrogens (tertiary/aromatic N) is 2. The van der Waals surface area contributed by atoms with E-state index in [0.717, 1.165) is 28.3 Å². The Hall–Kier alpha value is -8.98. The number of hydrogen-bond donors (Lipinski definition) is 0. The van der Waals surface area contributed by atoms with Crippen molar-refractivity contribution >= 4 is 71.2 Å². The molecule has 2 heteroatoms. The first-order chi connectivity index (χ1) is 33.7. The van der Waals surface area contributed by atoms with E-state index in [1.54, 1.807) is 0 Å². The molecule has 0 aliphatic rings. The Morgan fingerprint density at radius 3 is 1.46 bits per heavy atom. The second-order valence-corrected chi connectivity index (χ2v) is 17.7. The van der Waals surface area contributed by atoms with E-state index in [9.17, 15) is 0 Å². The first-order valence-corrected chi connectivity index (χ1v) is 23.4. The Labute approximate surface area is 395 Å². The second kappa shape index (κ2) is 16.5. The smallest absolute Gasteiger partial charge is 0.0541 e. The minimum absolute atomic E-state index is 1.07. The highest BCUT2D eigenvalue weighted by Gasteiger charge is 2.20. The molecule has 2 nitrogen and oxygen atoms in total. The van der Waals surface area contributed by atoms with Crippen LogP contribution < -0.4 is 4.90 Å². The van der Waals surface area contributed by atoms with Gasteiger partial charge in [-0.3, -0.25) is 0 Å². The summed E-state index contributed by atoms with van der Waals surface area (Å²) in [6.45, 7) is 0. The molecule has 1 heterocycles. The van der Waals surface area contributed by atoms with Gasteiger partial charge in [0.1, 0.15) is 0 Å². The van der Waals surface area contributed by atoms with Crippen LogP contribution >= 0.6 is 0 Å². The van der Waals surface area contributed by atoms with E-state index in [0.29, 0.717) is 0 Å². The molecule has 0 atom stereocenters. The number of aromatic nitrogens is 1. The zero-order chi connectivity index (χ0) is 45.0. The average Bonchev–Trinajstić information content (AvgIpc) is 3.76. The van der Waals surface area contributed by atoms with Crippen LogP contribution in [0.15, 0.2) is 267 Å². The van der Waals surface area contributed by atoms with Gasteiger partial charge in [-0.05, 0) is 150 Å². The molecule has 12 aromatic carbocycles. The summed E-state index contributed by atoms with van der Waals surface area (Å²) in [6.07, 6.45) is 0. The lowest BCUT2D eigenvalue weighted by Crippen LogP contribution is -2.10. The molecule has 13 aromatic rings. The fraction of sp³-hybridized carbons (Fsp3) is 0. The highest BCUT2D eigenvalue weighted by atomic mass is 15.1. The molecule has 0 bridgehead atoms. The lowest BCUT2D eigenvalue weighted by Gasteiger charge is -2.27. The van der Waals surface area contributed by atoms with E-state index < -0.39 is 0 Å². The number of benzene rings is 12. The van der Waals surface area contributed by atoms with Crippen LogP contribution in [0.4, 0.5) is 17.1 Å². The van der Waals surface area contributed by atoms with Gasteiger partial charge in [-0.2, -0.15) is 0 Å². The number of fused-ring (bicyclic) bond motifs is 7. The van der Waals surface area contributed by atoms with Gasteiger partial charge in [0.05, 0.1) is 11.0 Å². The van der Waals surface area contributed by atoms with Gasteiger partial charge >= 0.3 is 0 Å². The molecule has 0 fully saturated rings. The van der Waals surface area contributed by atoms with Crippen molar-refractivity contribution in [1.29, 1.82) is 0 Å². The zero-order valence-electron chi connectivity index (χ0n) is 37.3. The summed E-state index contributed by atoms with van der Waals surface area (Å²) in [5.74, 6) is 0. The molecule has 0 unspecified atom stereocenters. The standard InChI is InChI=1S/C66H44N2/c1-2-15-45(16-3-1)47-31-35-53(36-32-47)67(54-37-33-48(34-38-54)50-30-29-46-17-4-5-18-49(46)41-50)56-39-40-58(64(44-56)63-43-52-19-6-7-22-57(52)59-23-8-9-24-60(59)63)51-20-14-21-55(42-51)68-65-27-12-10-25-61(65)62-26-11-13-28-66(62)68/h1-44H. The van der Waals surface area contributed by atoms with Gasteiger partial charge in [0.2, 0.25) is 0 Å². The van der Waals surface area contributed by atoms with Crippen LogP contribution in [0.2, 0.25) is 0 Å². The van der Waals surface area contributed by atoms with E-state index in [1.807, 2.05) is 0 Å². The van der Waals surface area contributed by atoms with Gasteiger partial charge < -0.3 is 9.47 Å². The number of hydrogen-bond acceptors (Lipinski definition) is 1. The molecule has 68 heavy (non-hydrogen) atoms. The van der Waals surface area contributed by atoms with Crippen molar-refractivity contribution in [2.45, 2.75) is 0 Å². The molecule has 0 radical (unpaired) electrons. The highest BCUT2D eigenvalue weighted by molar-refractivity contribution is 6.15. The minimum Gasteiger partial charge on any atom is -0.310 e. The van der Waals surface area contributed by atoms with E-state index in [1.165, 1.54) is 93.1 Å². The van der Waals surface area contributed by atoms with Gasteiger partial charge in [0, 0.05) is 33.5 Å². The van der Waals surface area contributed by atoms with E-state index in [4.69, 9.17) is 0 Å². The van der Waals surface area contributed by atoms with Crippen molar-refractivity contribution in [2.75, 3.05) is 4.90 Å². The molecule has 1 aromatic heterocycles. The predicted octanol–water partition coefficient (Wildman–Crippen LogP) is 18.4. The van der Waals surface area contributed by atoms with Crippen LogP contribution in [-0.4, -0.2) is 4.57 Å². The topological polar surface area (TPSA) is 8.17 Å². The molecular weight excluding hydrogens is 821 g/mol. The molecule has 0 amide bonds. The number of rotatable bonds is 8. The van der Waals surface area contributed by atoms with Crippen LogP contribution in [-0.2, 0) is 0 Å². The van der Waals surface area contributed by atoms with E-state index in [2.05, 4.69) is 276 Å². The SMILES string of the molecule is c1ccc(-c2ccc(N(c3ccc(-c4ccc5ccccc5c4)cc3)c3ccc(-c4cccc(-n5c6ccccc6c6ccccc65)c4)c(-c4cc5ccccc5c5ccccc45)c3)cc2)cc1. The van der Waals surface area contributed by atoms with Crippen molar-refractivity contribution in [3.05, 3.63) is 267 Å². The maximum absolute atomic E-state index is 2.42. The summed E-state index contributed by atoms with van der Waals surface area (Å²) >= 11 is 0. The second-order valence-electron chi connectivity index (χ2n) is 17.7. The van der Waals surface area contributed by atoms with Crippen LogP contribution in [0.3, 0.4) is 0 Å². The third-order valence-corrected chi connectivity index (χ3v) is 13.8. The first-order valence-electron chi connectivity index (χ1n) is 23.4. The van der Waals surface area contributed by atoms with Crippen LogP contribution in [0.5, 0.6) is 0 Å². The zero-order valence-corrected chi connectivity index (χ0v) is 37.3. The Morgan fingerprint density at radius 2 is 0.750 bits per heavy atom. The monoisotopic (exact) mass is 864 g/mol. The molecular formula is C66H44N2. The van der Waals surface area contributed by atoms with Gasteiger partial charge in [-0.25, -0.2) is 0 Å². The van der Waals surface area contributed by atoms with E-state index >= 15 is 0 Å². The summed E-state index contributed by atoms with van der Waals surface area (Å²) in [5, 5.41) is 9.93. The lowest BCUT2D eigenvalue weighted by molar-refractivity contribution is 1.18. The van der Waals surface area contributed by atoms with Crippen molar-refractivity contribution in [2.24, 2.45) is 0 Å². The normalized spacial score (nSPS) is 11.5. The lowest BCUT2D eigenvalue weighted by atomic mass is 9.88. The number of para-hydroxylation sites is 2. The van der Waals surface area contributed by atoms with Crippen molar-refractivity contribution < 1.29 is 0 Å². The van der Waals surface area contributed by atoms with E-state index in [-0.39, 0.29) is 0 Å². The molecule has 0 spiro atoms. The molecule has 0 saturated carbocycles. The summed E-state index contributed by atoms with van der Waals surface area (Å²) in [5.41, 5.74) is 16.2. The van der Waals surface area contributed by atoms with Crippen LogP contribution in [0.25, 0.3) is 104 Å². The van der Waals surface area contributed by atoms with Gasteiger partial charge in [0.15, 0.2) is 0 Å². The summed E-state index contributed by atoms with van der Waals surface area (Å²) in [4.78, 5) is 2.41. The molecule has 0 N–H and O–H groups in total. The van der Waals surface area contributed by atoms with Crippen LogP contribution in [0, 0.1) is 0 Å². The van der Waals surface area contributed by atoms with Gasteiger partial charge in [-0.15, -0.1) is 0 Å². The minimum atomic E-state index is 1.07. The van der Waals surface area contributed by atoms with Crippen molar-refractivity contribution in [1.82, 2.24) is 4.57 Å². The summed E-state index contributed by atoms with van der Waals surface area (Å²) in [7, 11) is 0. The summed E-state index contributed by atoms with van der Waals surface area (Å²) < 4.78 is 2.41. The maximum Gasteiger partial charge on any atom is 0.0541 e. The largest absolute Gasteiger partial charge is 0.310 e. The number of anilines is 3. The average molecular weight is 865 g/mol. The van der Waals surface area contributed by atoms with Crippen LogP contribution in [0.1, 0.15) is 0 Å². The third-order valence-electron chi connectivity index (χ3n) is 13.8. The van der Waals surface area contributed by atoms with Gasteiger partial charge in [0.25, 0.3) is 0 Å². The Kier molecular flexibility index (Phi) is 9.54. The molecule has 318 valence electrons.